The van der Waals surface area contributed by atoms with E-state index < -0.39 is 0 Å². The van der Waals surface area contributed by atoms with Gasteiger partial charge < -0.3 is 19.8 Å². The van der Waals surface area contributed by atoms with Crippen molar-refractivity contribution in [3.8, 4) is 11.8 Å². The summed E-state index contributed by atoms with van der Waals surface area (Å²) in [6, 6.07) is 9.69. The van der Waals surface area contributed by atoms with E-state index in [1.54, 1.807) is 0 Å². The number of aliphatic hydroxyl groups excluding tert-OH is 1. The molecule has 0 saturated heterocycles. The van der Waals surface area contributed by atoms with E-state index in [9.17, 15) is 10.3 Å². The molecule has 0 aliphatic heterocycles. The Morgan fingerprint density at radius 2 is 1.92 bits per heavy atom. The number of aromatic nitrogens is 2. The van der Waals surface area contributed by atoms with Gasteiger partial charge in [0.25, 0.3) is 11.6 Å². The highest BCUT2D eigenvalue weighted by Crippen LogP contribution is 2.23. The highest BCUT2D eigenvalue weighted by atomic mass is 16.6. The molecule has 26 heavy (non-hydrogen) atoms. The van der Waals surface area contributed by atoms with E-state index in [1.165, 1.54) is 0 Å². The van der Waals surface area contributed by atoms with Crippen LogP contribution in [0.2, 0.25) is 0 Å². The van der Waals surface area contributed by atoms with Crippen LogP contribution in [0.3, 0.4) is 0 Å². The molecule has 1 aromatic carbocycles. The molecule has 0 bridgehead atoms. The maximum absolute atomic E-state index is 12.9. The van der Waals surface area contributed by atoms with Crippen molar-refractivity contribution in [1.82, 2.24) is 4.98 Å². The summed E-state index contributed by atoms with van der Waals surface area (Å²) in [5, 5.41) is 22.5. The first-order valence-corrected chi connectivity index (χ1v) is 9.12. The molecule has 1 aromatic heterocycles. The average molecular weight is 360 g/mol. The molecule has 0 amide bonds. The van der Waals surface area contributed by atoms with Crippen LogP contribution in [-0.2, 0) is 19.6 Å². The van der Waals surface area contributed by atoms with Crippen molar-refractivity contribution in [2.45, 2.75) is 53.2 Å². The topological polar surface area (TPSA) is 78.5 Å². The number of unbranched alkanes of at least 4 members (excludes halogenated alkanes) is 1. The van der Waals surface area contributed by atoms with Crippen LogP contribution < -0.4 is 14.2 Å². The minimum absolute atomic E-state index is 0.0728. The second kappa shape index (κ2) is 9.97. The zero-order chi connectivity index (χ0) is 18.9. The fourth-order valence-electron chi connectivity index (χ4n) is 2.52. The Balaban J connectivity index is 2.33. The number of nitrogens with zero attached hydrogens (tertiary/aromatic N) is 2. The van der Waals surface area contributed by atoms with Crippen LogP contribution in [-0.4, -0.2) is 16.7 Å². The lowest BCUT2D eigenvalue weighted by Crippen LogP contribution is -2.38. The minimum atomic E-state index is -0.382. The summed E-state index contributed by atoms with van der Waals surface area (Å²) in [7, 11) is 0. The van der Waals surface area contributed by atoms with Gasteiger partial charge in [-0.25, -0.2) is 0 Å². The molecule has 1 heterocycles. The predicted molar refractivity (Wildman–Crippen MR) is 98.8 cm³/mol. The van der Waals surface area contributed by atoms with E-state index in [1.807, 2.05) is 51.1 Å². The number of hydrogen-bond acceptors (Lipinski definition) is 5. The molecular formula is C20H28N2O4. The molecule has 0 atom stereocenters. The summed E-state index contributed by atoms with van der Waals surface area (Å²) < 4.78 is 12.2. The van der Waals surface area contributed by atoms with Crippen molar-refractivity contribution in [3.05, 3.63) is 52.5 Å². The monoisotopic (exact) mass is 360 g/mol. The Labute approximate surface area is 155 Å². The largest absolute Gasteiger partial charge is 0.616 e. The van der Waals surface area contributed by atoms with Gasteiger partial charge in [-0.15, -0.1) is 4.73 Å². The third kappa shape index (κ3) is 5.33. The number of rotatable bonds is 10. The Morgan fingerprint density at radius 3 is 2.54 bits per heavy atom. The van der Waals surface area contributed by atoms with Gasteiger partial charge in [-0.05, 0) is 17.9 Å². The van der Waals surface area contributed by atoms with Gasteiger partial charge in [-0.3, -0.25) is 0 Å². The smallest absolute Gasteiger partial charge is 0.404 e. The van der Waals surface area contributed by atoms with Crippen molar-refractivity contribution in [2.75, 3.05) is 6.61 Å². The first-order valence-electron chi connectivity index (χ1n) is 9.12. The van der Waals surface area contributed by atoms with E-state index in [2.05, 4.69) is 4.98 Å². The van der Waals surface area contributed by atoms with Crippen LogP contribution in [0.1, 0.15) is 50.6 Å². The van der Waals surface area contributed by atoms with Crippen LogP contribution in [0, 0.1) is 11.1 Å². The molecule has 6 heteroatoms. The maximum Gasteiger partial charge on any atom is 0.404 e. The van der Waals surface area contributed by atoms with Crippen molar-refractivity contribution >= 4 is 0 Å². The molecular weight excluding hydrogens is 332 g/mol. The van der Waals surface area contributed by atoms with Crippen molar-refractivity contribution in [2.24, 2.45) is 5.92 Å². The first-order chi connectivity index (χ1) is 12.6. The Kier molecular flexibility index (Phi) is 7.66. The van der Waals surface area contributed by atoms with Gasteiger partial charge in [0, 0.05) is 6.42 Å². The highest BCUT2D eigenvalue weighted by Gasteiger charge is 2.27. The Bertz CT molecular complexity index is 690. The second-order valence-corrected chi connectivity index (χ2v) is 6.64. The molecule has 0 spiro atoms. The van der Waals surface area contributed by atoms with Gasteiger partial charge in [0.1, 0.15) is 6.61 Å². The van der Waals surface area contributed by atoms with Crippen LogP contribution in [0.15, 0.2) is 30.3 Å². The van der Waals surface area contributed by atoms with E-state index in [0.29, 0.717) is 25.3 Å². The third-order valence-corrected chi connectivity index (χ3v) is 3.87. The quantitative estimate of drug-likeness (QED) is 0.400. The summed E-state index contributed by atoms with van der Waals surface area (Å²) in [5.74, 6) is 0.577. The zero-order valence-electron chi connectivity index (χ0n) is 15.8. The molecule has 2 aromatic rings. The lowest BCUT2D eigenvalue weighted by atomic mass is 10.1. The molecule has 0 unspecified atom stereocenters. The lowest BCUT2D eigenvalue weighted by molar-refractivity contribution is -0.623. The maximum atomic E-state index is 12.9. The number of ether oxygens (including phenoxy) is 2. The summed E-state index contributed by atoms with van der Waals surface area (Å²) in [4.78, 5) is 4.38. The lowest BCUT2D eigenvalue weighted by Gasteiger charge is -2.16. The van der Waals surface area contributed by atoms with Crippen molar-refractivity contribution in [1.29, 1.82) is 0 Å². The summed E-state index contributed by atoms with van der Waals surface area (Å²) in [6.45, 7) is 6.44. The number of benzene rings is 1. The summed E-state index contributed by atoms with van der Waals surface area (Å²) in [5.41, 5.74) is 1.61. The molecule has 142 valence electrons. The third-order valence-electron chi connectivity index (χ3n) is 3.87. The van der Waals surface area contributed by atoms with Crippen LogP contribution in [0.25, 0.3) is 0 Å². The summed E-state index contributed by atoms with van der Waals surface area (Å²) in [6.07, 6.45) is 2.30. The SMILES string of the molecule is CCCCOc1c(CO)nc(OCc2ccccc2)c(CC(C)C)[n+]1[O-]. The minimum Gasteiger partial charge on any atom is -0.616 e. The van der Waals surface area contributed by atoms with Crippen molar-refractivity contribution < 1.29 is 19.3 Å². The van der Waals surface area contributed by atoms with Gasteiger partial charge in [0.2, 0.25) is 0 Å². The normalized spacial score (nSPS) is 11.0. The van der Waals surface area contributed by atoms with Gasteiger partial charge in [0.05, 0.1) is 13.2 Å². The van der Waals surface area contributed by atoms with E-state index in [-0.39, 0.29) is 30.0 Å². The zero-order valence-corrected chi connectivity index (χ0v) is 15.8. The molecule has 0 radical (unpaired) electrons. The van der Waals surface area contributed by atoms with Gasteiger partial charge in [-0.2, -0.15) is 4.98 Å². The van der Waals surface area contributed by atoms with Gasteiger partial charge in [0.15, 0.2) is 5.69 Å². The first kappa shape index (κ1) is 20.0. The number of aliphatic hydroxyl groups is 1. The fourth-order valence-corrected chi connectivity index (χ4v) is 2.52. The van der Waals surface area contributed by atoms with Crippen molar-refractivity contribution in [3.63, 3.8) is 0 Å². The highest BCUT2D eigenvalue weighted by molar-refractivity contribution is 5.24. The summed E-state index contributed by atoms with van der Waals surface area (Å²) >= 11 is 0. The molecule has 1 N–H and O–H groups in total. The molecule has 2 rings (SSSR count). The average Bonchev–Trinajstić information content (AvgIpc) is 2.64. The molecule has 0 aliphatic carbocycles. The molecule has 0 aliphatic rings. The second-order valence-electron chi connectivity index (χ2n) is 6.64. The van der Waals surface area contributed by atoms with Crippen LogP contribution >= 0.6 is 0 Å². The van der Waals surface area contributed by atoms with Gasteiger partial charge in [-0.1, -0.05) is 57.5 Å². The van der Waals surface area contributed by atoms with Crippen LogP contribution in [0.4, 0.5) is 0 Å². The Hall–Kier alpha value is -2.34. The molecule has 6 nitrogen and oxygen atoms in total. The number of hydrogen-bond donors (Lipinski definition) is 1. The van der Waals surface area contributed by atoms with E-state index >= 15 is 0 Å². The molecule has 0 fully saturated rings. The van der Waals surface area contributed by atoms with E-state index in [4.69, 9.17) is 9.47 Å². The Morgan fingerprint density at radius 1 is 1.19 bits per heavy atom. The van der Waals surface area contributed by atoms with E-state index in [0.717, 1.165) is 23.1 Å². The molecule has 0 saturated carbocycles. The van der Waals surface area contributed by atoms with Crippen LogP contribution in [0.5, 0.6) is 11.8 Å². The van der Waals surface area contributed by atoms with Gasteiger partial charge >= 0.3 is 5.88 Å². The standard InChI is InChI=1S/C20H28N2O4/c1-4-5-11-25-20-17(13-23)21-19(18(22(20)24)12-15(2)3)26-14-16-9-7-6-8-10-16/h6-10,15,23H,4-5,11-14H2,1-3H3. The predicted octanol–water partition coefficient (Wildman–Crippen LogP) is 3.16. The fraction of sp³-hybridized carbons (Fsp3) is 0.500.